The van der Waals surface area contributed by atoms with Gasteiger partial charge in [-0.3, -0.25) is 9.59 Å². The van der Waals surface area contributed by atoms with Crippen molar-refractivity contribution in [3.8, 4) is 11.3 Å². The standard InChI is InChI=1S/C30H33ClN6O2S2/c1-6-26(29(39)34-23-11-13-24(14-12-23)36(4)5)37(28(38)18-41-30-32-19(2)15-20(3)33-30)16-27-35-25(17-40-27)21-7-9-22(31)10-8-21/h7-15,17,26H,6,16,18H2,1-5H3,(H,34,39). The number of carbonyl (C=O) groups is 2. The van der Waals surface area contributed by atoms with E-state index in [1.807, 2.05) is 99.7 Å². The second-order valence-electron chi connectivity index (χ2n) is 9.73. The van der Waals surface area contributed by atoms with Crippen molar-refractivity contribution in [2.75, 3.05) is 30.1 Å². The first-order chi connectivity index (χ1) is 19.6. The number of anilines is 2. The molecule has 4 rings (SSSR count). The van der Waals surface area contributed by atoms with E-state index in [0.29, 0.717) is 22.3 Å². The van der Waals surface area contributed by atoms with Crippen LogP contribution in [0.1, 0.15) is 29.7 Å². The summed E-state index contributed by atoms with van der Waals surface area (Å²) in [7, 11) is 3.92. The van der Waals surface area contributed by atoms with E-state index in [-0.39, 0.29) is 24.1 Å². The Kier molecular flexibility index (Phi) is 10.4. The first-order valence-electron chi connectivity index (χ1n) is 13.2. The number of hydrogen-bond acceptors (Lipinski definition) is 8. The molecule has 11 heteroatoms. The van der Waals surface area contributed by atoms with Crippen LogP contribution in [-0.4, -0.2) is 57.6 Å². The highest BCUT2D eigenvalue weighted by molar-refractivity contribution is 7.99. The maximum atomic E-state index is 13.7. The van der Waals surface area contributed by atoms with Gasteiger partial charge in [-0.15, -0.1) is 11.3 Å². The average Bonchev–Trinajstić information content (AvgIpc) is 3.40. The average molecular weight is 609 g/mol. The summed E-state index contributed by atoms with van der Waals surface area (Å²) in [6, 6.07) is 16.3. The van der Waals surface area contributed by atoms with E-state index in [9.17, 15) is 9.59 Å². The van der Waals surface area contributed by atoms with Crippen LogP contribution in [0.15, 0.2) is 65.1 Å². The predicted octanol–water partition coefficient (Wildman–Crippen LogP) is 6.47. The summed E-state index contributed by atoms with van der Waals surface area (Å²) in [5.41, 5.74) is 5.11. The molecule has 1 unspecified atom stereocenters. The molecule has 0 saturated heterocycles. The number of carbonyl (C=O) groups excluding carboxylic acids is 2. The third-order valence-electron chi connectivity index (χ3n) is 6.32. The van der Waals surface area contributed by atoms with Gasteiger partial charge in [0.15, 0.2) is 5.16 Å². The first kappa shape index (κ1) is 30.5. The Labute approximate surface area is 254 Å². The molecule has 0 aliphatic rings. The minimum atomic E-state index is -0.695. The zero-order valence-electron chi connectivity index (χ0n) is 23.7. The Balaban J connectivity index is 1.56. The van der Waals surface area contributed by atoms with Gasteiger partial charge in [0, 0.05) is 52.8 Å². The van der Waals surface area contributed by atoms with Crippen LogP contribution >= 0.6 is 34.7 Å². The van der Waals surface area contributed by atoms with E-state index in [2.05, 4.69) is 15.3 Å². The molecule has 2 amide bonds. The molecule has 8 nitrogen and oxygen atoms in total. The molecular weight excluding hydrogens is 576 g/mol. The quantitative estimate of drug-likeness (QED) is 0.154. The lowest BCUT2D eigenvalue weighted by atomic mass is 10.1. The molecule has 0 saturated carbocycles. The lowest BCUT2D eigenvalue weighted by Gasteiger charge is -2.29. The minimum Gasteiger partial charge on any atom is -0.378 e. The van der Waals surface area contributed by atoms with Crippen molar-refractivity contribution in [3.05, 3.63) is 81.4 Å². The number of amides is 2. The number of benzene rings is 2. The fourth-order valence-corrected chi connectivity index (χ4v) is 6.00. The Bertz CT molecular complexity index is 1470. The van der Waals surface area contributed by atoms with Crippen molar-refractivity contribution in [2.24, 2.45) is 0 Å². The van der Waals surface area contributed by atoms with Crippen LogP contribution < -0.4 is 10.2 Å². The Morgan fingerprint density at radius 2 is 1.66 bits per heavy atom. The number of aryl methyl sites for hydroxylation is 2. The second-order valence-corrected chi connectivity index (χ2v) is 12.1. The zero-order chi connectivity index (χ0) is 29.5. The summed E-state index contributed by atoms with van der Waals surface area (Å²) in [6.45, 7) is 5.91. The molecule has 214 valence electrons. The number of nitrogens with one attached hydrogen (secondary N) is 1. The SMILES string of the molecule is CCC(C(=O)Nc1ccc(N(C)C)cc1)N(Cc1nc(-c2ccc(Cl)cc2)cs1)C(=O)CSc1nc(C)cc(C)n1. The lowest BCUT2D eigenvalue weighted by Crippen LogP contribution is -2.47. The van der Waals surface area contributed by atoms with Gasteiger partial charge in [-0.2, -0.15) is 0 Å². The molecule has 0 bridgehead atoms. The van der Waals surface area contributed by atoms with E-state index < -0.39 is 6.04 Å². The van der Waals surface area contributed by atoms with Crippen molar-refractivity contribution in [1.29, 1.82) is 0 Å². The summed E-state index contributed by atoms with van der Waals surface area (Å²) in [4.78, 5) is 44.5. The molecule has 0 spiro atoms. The molecule has 1 atom stereocenters. The molecule has 2 aromatic carbocycles. The molecule has 0 aliphatic carbocycles. The molecule has 4 aromatic rings. The van der Waals surface area contributed by atoms with Gasteiger partial charge in [-0.25, -0.2) is 15.0 Å². The topological polar surface area (TPSA) is 91.3 Å². The number of aromatic nitrogens is 3. The summed E-state index contributed by atoms with van der Waals surface area (Å²) in [6.07, 6.45) is 0.438. The summed E-state index contributed by atoms with van der Waals surface area (Å²) < 4.78 is 0. The normalized spacial score (nSPS) is 11.7. The van der Waals surface area contributed by atoms with Gasteiger partial charge in [-0.1, -0.05) is 42.4 Å². The van der Waals surface area contributed by atoms with Crippen molar-refractivity contribution < 1.29 is 9.59 Å². The van der Waals surface area contributed by atoms with Crippen LogP contribution in [0.3, 0.4) is 0 Å². The van der Waals surface area contributed by atoms with Crippen LogP contribution in [0.25, 0.3) is 11.3 Å². The highest BCUT2D eigenvalue weighted by Gasteiger charge is 2.30. The zero-order valence-corrected chi connectivity index (χ0v) is 26.1. The van der Waals surface area contributed by atoms with Crippen molar-refractivity contribution >= 4 is 57.9 Å². The number of thioether (sulfide) groups is 1. The fourth-order valence-electron chi connectivity index (χ4n) is 4.24. The Hall–Kier alpha value is -3.47. The van der Waals surface area contributed by atoms with E-state index in [1.165, 1.54) is 23.1 Å². The van der Waals surface area contributed by atoms with Gasteiger partial charge in [0.1, 0.15) is 11.0 Å². The van der Waals surface area contributed by atoms with Gasteiger partial charge in [0.2, 0.25) is 11.8 Å². The molecule has 41 heavy (non-hydrogen) atoms. The molecular formula is C30H33ClN6O2S2. The second kappa shape index (κ2) is 13.9. The van der Waals surface area contributed by atoms with Crippen LogP contribution in [0, 0.1) is 13.8 Å². The Morgan fingerprint density at radius 1 is 1.00 bits per heavy atom. The maximum absolute atomic E-state index is 13.7. The first-order valence-corrected chi connectivity index (χ1v) is 15.4. The monoisotopic (exact) mass is 608 g/mol. The number of nitrogens with zero attached hydrogens (tertiary/aromatic N) is 5. The third kappa shape index (κ3) is 8.28. The van der Waals surface area contributed by atoms with Gasteiger partial charge in [0.05, 0.1) is 18.0 Å². The molecule has 0 aliphatic heterocycles. The van der Waals surface area contributed by atoms with E-state index in [1.54, 1.807) is 4.90 Å². The van der Waals surface area contributed by atoms with Crippen molar-refractivity contribution in [1.82, 2.24) is 19.9 Å². The maximum Gasteiger partial charge on any atom is 0.247 e. The predicted molar refractivity (Wildman–Crippen MR) is 169 cm³/mol. The van der Waals surface area contributed by atoms with Crippen LogP contribution in [0.5, 0.6) is 0 Å². The van der Waals surface area contributed by atoms with E-state index in [4.69, 9.17) is 16.6 Å². The molecule has 1 N–H and O–H groups in total. The third-order valence-corrected chi connectivity index (χ3v) is 8.24. The lowest BCUT2D eigenvalue weighted by molar-refractivity contribution is -0.137. The number of halogens is 1. The van der Waals surface area contributed by atoms with Gasteiger partial charge < -0.3 is 15.1 Å². The largest absolute Gasteiger partial charge is 0.378 e. The molecule has 0 radical (unpaired) electrons. The van der Waals surface area contributed by atoms with Crippen LogP contribution in [0.4, 0.5) is 11.4 Å². The summed E-state index contributed by atoms with van der Waals surface area (Å²) >= 11 is 8.77. The highest BCUT2D eigenvalue weighted by Crippen LogP contribution is 2.26. The molecule has 2 heterocycles. The van der Waals surface area contributed by atoms with E-state index >= 15 is 0 Å². The van der Waals surface area contributed by atoms with Gasteiger partial charge >= 0.3 is 0 Å². The van der Waals surface area contributed by atoms with Crippen LogP contribution in [0.2, 0.25) is 5.02 Å². The number of rotatable bonds is 11. The summed E-state index contributed by atoms with van der Waals surface area (Å²) in [5.74, 6) is -0.342. The Morgan fingerprint density at radius 3 is 2.27 bits per heavy atom. The summed E-state index contributed by atoms with van der Waals surface area (Å²) in [5, 5.41) is 6.87. The van der Waals surface area contributed by atoms with Crippen molar-refractivity contribution in [3.63, 3.8) is 0 Å². The van der Waals surface area contributed by atoms with Crippen LogP contribution in [-0.2, 0) is 16.1 Å². The molecule has 2 aromatic heterocycles. The van der Waals surface area contributed by atoms with Gasteiger partial charge in [-0.05, 0) is 62.7 Å². The number of hydrogen-bond donors (Lipinski definition) is 1. The van der Waals surface area contributed by atoms with Gasteiger partial charge in [0.25, 0.3) is 0 Å². The fraction of sp³-hybridized carbons (Fsp3) is 0.300. The smallest absolute Gasteiger partial charge is 0.247 e. The van der Waals surface area contributed by atoms with E-state index in [0.717, 1.165) is 33.3 Å². The molecule has 0 fully saturated rings. The minimum absolute atomic E-state index is 0.0968. The van der Waals surface area contributed by atoms with Crippen molar-refractivity contribution in [2.45, 2.75) is 44.9 Å². The number of thiazole rings is 1. The highest BCUT2D eigenvalue weighted by atomic mass is 35.5.